The van der Waals surface area contributed by atoms with Crippen LogP contribution in [0.25, 0.3) is 0 Å². The van der Waals surface area contributed by atoms with Gasteiger partial charge in [-0.3, -0.25) is 0 Å². The molecule has 0 atom stereocenters. The molecule has 2 aromatic carbocycles. The number of ether oxygens (including phenoxy) is 2. The Kier molecular flexibility index (Phi) is 3.53. The molecule has 0 unspecified atom stereocenters. The lowest BCUT2D eigenvalue weighted by atomic mass is 10.2. The second-order valence-electron chi connectivity index (χ2n) is 3.76. The fraction of sp³-hybridized carbons (Fsp3) is 0.0714. The van der Waals surface area contributed by atoms with Gasteiger partial charge in [-0.25, -0.2) is 4.39 Å². The number of anilines is 1. The third-order valence-corrected chi connectivity index (χ3v) is 2.51. The third kappa shape index (κ3) is 2.75. The van der Waals surface area contributed by atoms with Crippen molar-refractivity contribution in [2.75, 3.05) is 12.8 Å². The van der Waals surface area contributed by atoms with Crippen LogP contribution in [0.4, 0.5) is 10.1 Å². The summed E-state index contributed by atoms with van der Waals surface area (Å²) in [6.07, 6.45) is 0. The van der Waals surface area contributed by atoms with E-state index in [-0.39, 0.29) is 11.4 Å². The van der Waals surface area contributed by atoms with Gasteiger partial charge in [0.05, 0.1) is 18.4 Å². The minimum atomic E-state index is -0.570. The summed E-state index contributed by atoms with van der Waals surface area (Å²) in [6.45, 7) is 0. The first-order valence-corrected chi connectivity index (χ1v) is 5.45. The van der Waals surface area contributed by atoms with Crippen LogP contribution in [0, 0.1) is 17.1 Å². The van der Waals surface area contributed by atoms with Crippen LogP contribution in [-0.2, 0) is 0 Å². The summed E-state index contributed by atoms with van der Waals surface area (Å²) in [7, 11) is 1.51. The molecule has 2 rings (SSSR count). The number of benzene rings is 2. The van der Waals surface area contributed by atoms with Gasteiger partial charge in [-0.1, -0.05) is 0 Å². The predicted molar refractivity (Wildman–Crippen MR) is 68.6 cm³/mol. The van der Waals surface area contributed by atoms with Gasteiger partial charge in [0, 0.05) is 12.1 Å². The highest BCUT2D eigenvalue weighted by molar-refractivity contribution is 5.50. The largest absolute Gasteiger partial charge is 0.497 e. The van der Waals surface area contributed by atoms with Crippen LogP contribution in [0.3, 0.4) is 0 Å². The number of methoxy groups -OCH3 is 1. The molecule has 0 amide bonds. The second kappa shape index (κ2) is 5.27. The lowest BCUT2D eigenvalue weighted by Gasteiger charge is -2.09. The Hall–Kier alpha value is -2.74. The molecule has 0 saturated heterocycles. The number of nitriles is 1. The highest BCUT2D eigenvalue weighted by atomic mass is 19.1. The van der Waals surface area contributed by atoms with Crippen molar-refractivity contribution in [3.05, 3.63) is 47.8 Å². The number of rotatable bonds is 3. The van der Waals surface area contributed by atoms with Gasteiger partial charge in [0.2, 0.25) is 0 Å². The summed E-state index contributed by atoms with van der Waals surface area (Å²) in [5, 5.41) is 8.99. The number of halogens is 1. The van der Waals surface area contributed by atoms with E-state index >= 15 is 0 Å². The van der Waals surface area contributed by atoms with Crippen molar-refractivity contribution in [3.8, 4) is 23.3 Å². The normalized spacial score (nSPS) is 9.74. The molecule has 5 heteroatoms. The van der Waals surface area contributed by atoms with E-state index in [1.807, 2.05) is 6.07 Å². The first-order chi connectivity index (χ1) is 9.13. The Balaban J connectivity index is 2.36. The average molecular weight is 258 g/mol. The van der Waals surface area contributed by atoms with Crippen LogP contribution in [0.15, 0.2) is 36.4 Å². The zero-order valence-electron chi connectivity index (χ0n) is 10.2. The smallest absolute Gasteiger partial charge is 0.149 e. The number of hydrogen-bond donors (Lipinski definition) is 1. The first kappa shape index (κ1) is 12.7. The van der Waals surface area contributed by atoms with E-state index in [1.54, 1.807) is 18.2 Å². The molecule has 0 aliphatic carbocycles. The summed E-state index contributed by atoms with van der Waals surface area (Å²) < 4.78 is 23.8. The summed E-state index contributed by atoms with van der Waals surface area (Å²) in [5.74, 6) is 0.534. The van der Waals surface area contributed by atoms with E-state index in [1.165, 1.54) is 19.2 Å². The highest BCUT2D eigenvalue weighted by Crippen LogP contribution is 2.30. The minimum Gasteiger partial charge on any atom is -0.497 e. The maximum Gasteiger partial charge on any atom is 0.149 e. The van der Waals surface area contributed by atoms with Gasteiger partial charge in [0.1, 0.15) is 29.1 Å². The van der Waals surface area contributed by atoms with E-state index in [2.05, 4.69) is 0 Å². The summed E-state index contributed by atoms with van der Waals surface area (Å²) in [6, 6.07) is 10.9. The summed E-state index contributed by atoms with van der Waals surface area (Å²) in [4.78, 5) is 0. The lowest BCUT2D eigenvalue weighted by Crippen LogP contribution is -1.93. The van der Waals surface area contributed by atoms with Gasteiger partial charge >= 0.3 is 0 Å². The van der Waals surface area contributed by atoms with Crippen LogP contribution in [0.2, 0.25) is 0 Å². The van der Waals surface area contributed by atoms with Crippen molar-refractivity contribution < 1.29 is 13.9 Å². The van der Waals surface area contributed by atoms with Crippen LogP contribution in [-0.4, -0.2) is 7.11 Å². The maximum absolute atomic E-state index is 13.3. The van der Waals surface area contributed by atoms with Crippen LogP contribution >= 0.6 is 0 Å². The second-order valence-corrected chi connectivity index (χ2v) is 3.76. The molecule has 0 fully saturated rings. The molecule has 2 aromatic rings. The van der Waals surface area contributed by atoms with Crippen LogP contribution in [0.1, 0.15) is 5.56 Å². The number of nitrogen functional groups attached to an aromatic ring is 1. The molecule has 19 heavy (non-hydrogen) atoms. The first-order valence-electron chi connectivity index (χ1n) is 5.45. The fourth-order valence-corrected chi connectivity index (χ4v) is 1.50. The van der Waals surface area contributed by atoms with Gasteiger partial charge in [-0.05, 0) is 24.3 Å². The summed E-state index contributed by atoms with van der Waals surface area (Å²) in [5.41, 5.74) is 5.75. The van der Waals surface area contributed by atoms with Crippen molar-refractivity contribution in [2.24, 2.45) is 0 Å². The van der Waals surface area contributed by atoms with E-state index in [9.17, 15) is 4.39 Å². The molecular weight excluding hydrogens is 247 g/mol. The number of nitrogens with two attached hydrogens (primary N) is 1. The van der Waals surface area contributed by atoms with Gasteiger partial charge in [-0.15, -0.1) is 0 Å². The van der Waals surface area contributed by atoms with E-state index in [4.69, 9.17) is 20.5 Å². The van der Waals surface area contributed by atoms with Crippen LogP contribution in [0.5, 0.6) is 17.2 Å². The Morgan fingerprint density at radius 1 is 1.16 bits per heavy atom. The number of nitrogens with zero attached hydrogens (tertiary/aromatic N) is 1. The molecule has 2 N–H and O–H groups in total. The monoisotopic (exact) mass is 258 g/mol. The van der Waals surface area contributed by atoms with Gasteiger partial charge in [0.25, 0.3) is 0 Å². The number of hydrogen-bond acceptors (Lipinski definition) is 4. The zero-order valence-corrected chi connectivity index (χ0v) is 10.2. The molecule has 0 bridgehead atoms. The molecule has 0 radical (unpaired) electrons. The molecule has 0 aromatic heterocycles. The summed E-state index contributed by atoms with van der Waals surface area (Å²) >= 11 is 0. The minimum absolute atomic E-state index is 0.0403. The molecule has 0 saturated carbocycles. The van der Waals surface area contributed by atoms with Crippen molar-refractivity contribution in [2.45, 2.75) is 0 Å². The molecule has 0 aliphatic rings. The SMILES string of the molecule is COc1ccc(C#N)c(Oc2ccc(N)c(F)c2)c1. The topological polar surface area (TPSA) is 68.3 Å². The highest BCUT2D eigenvalue weighted by Gasteiger charge is 2.08. The molecule has 0 aliphatic heterocycles. The van der Waals surface area contributed by atoms with E-state index in [0.717, 1.165) is 6.07 Å². The van der Waals surface area contributed by atoms with Crippen LogP contribution < -0.4 is 15.2 Å². The fourth-order valence-electron chi connectivity index (χ4n) is 1.50. The quantitative estimate of drug-likeness (QED) is 0.859. The van der Waals surface area contributed by atoms with Gasteiger partial charge in [0.15, 0.2) is 0 Å². The molecular formula is C14H11FN2O2. The Labute approximate surface area is 109 Å². The molecule has 0 heterocycles. The van der Waals surface area contributed by atoms with Crippen molar-refractivity contribution >= 4 is 5.69 Å². The third-order valence-electron chi connectivity index (χ3n) is 2.51. The Morgan fingerprint density at radius 2 is 1.89 bits per heavy atom. The zero-order chi connectivity index (χ0) is 13.8. The van der Waals surface area contributed by atoms with E-state index < -0.39 is 5.82 Å². The lowest BCUT2D eigenvalue weighted by molar-refractivity contribution is 0.408. The molecule has 96 valence electrons. The molecule has 0 spiro atoms. The van der Waals surface area contributed by atoms with Gasteiger partial charge < -0.3 is 15.2 Å². The van der Waals surface area contributed by atoms with Crippen molar-refractivity contribution in [1.82, 2.24) is 0 Å². The maximum atomic E-state index is 13.3. The average Bonchev–Trinajstić information content (AvgIpc) is 2.43. The van der Waals surface area contributed by atoms with Crippen molar-refractivity contribution in [1.29, 1.82) is 5.26 Å². The Bertz CT molecular complexity index is 650. The predicted octanol–water partition coefficient (Wildman–Crippen LogP) is 3.08. The van der Waals surface area contributed by atoms with Gasteiger partial charge in [-0.2, -0.15) is 5.26 Å². The van der Waals surface area contributed by atoms with Crippen molar-refractivity contribution in [3.63, 3.8) is 0 Å². The standard InChI is InChI=1S/C14H11FN2O2/c1-18-10-3-2-9(8-16)14(7-10)19-11-4-5-13(17)12(15)6-11/h2-7H,17H2,1H3. The Morgan fingerprint density at radius 3 is 2.53 bits per heavy atom. The molecule has 4 nitrogen and oxygen atoms in total. The van der Waals surface area contributed by atoms with E-state index in [0.29, 0.717) is 17.1 Å².